The monoisotopic (exact) mass is 431 g/mol. The summed E-state index contributed by atoms with van der Waals surface area (Å²) in [6, 6.07) is 11.4. The van der Waals surface area contributed by atoms with Crippen molar-refractivity contribution in [2.75, 3.05) is 19.6 Å². The van der Waals surface area contributed by atoms with Gasteiger partial charge in [0.1, 0.15) is 5.69 Å². The van der Waals surface area contributed by atoms with Crippen LogP contribution in [0.5, 0.6) is 0 Å². The molecule has 3 heterocycles. The van der Waals surface area contributed by atoms with Crippen LogP contribution in [0.3, 0.4) is 0 Å². The van der Waals surface area contributed by atoms with E-state index in [4.69, 9.17) is 0 Å². The summed E-state index contributed by atoms with van der Waals surface area (Å²) in [7, 11) is -3.49. The van der Waals surface area contributed by atoms with Gasteiger partial charge < -0.3 is 10.3 Å². The zero-order valence-corrected chi connectivity index (χ0v) is 18.2. The zero-order valence-electron chi connectivity index (χ0n) is 16.6. The molecule has 1 atom stereocenters. The van der Waals surface area contributed by atoms with E-state index in [0.717, 1.165) is 33.5 Å². The van der Waals surface area contributed by atoms with Gasteiger partial charge in [0, 0.05) is 40.3 Å². The molecular formula is C21H25N3O3S2. The van der Waals surface area contributed by atoms with Crippen molar-refractivity contribution in [1.29, 1.82) is 0 Å². The third-order valence-electron chi connectivity index (χ3n) is 5.42. The van der Waals surface area contributed by atoms with Crippen molar-refractivity contribution in [3.8, 4) is 0 Å². The molecular weight excluding hydrogens is 406 g/mol. The molecule has 154 valence electrons. The normalized spacial score (nSPS) is 18.2. The number of aromatic nitrogens is 1. The van der Waals surface area contributed by atoms with Gasteiger partial charge in [-0.2, -0.15) is 4.31 Å². The second kappa shape index (κ2) is 7.93. The Morgan fingerprint density at radius 3 is 2.79 bits per heavy atom. The number of carbonyl (C=O) groups is 1. The fourth-order valence-electron chi connectivity index (χ4n) is 3.94. The molecule has 0 radical (unpaired) electrons. The Bertz CT molecular complexity index is 1110. The predicted molar refractivity (Wildman–Crippen MR) is 116 cm³/mol. The van der Waals surface area contributed by atoms with E-state index in [1.54, 1.807) is 10.4 Å². The summed E-state index contributed by atoms with van der Waals surface area (Å²) in [5, 5.41) is 3.96. The molecule has 1 aromatic carbocycles. The molecule has 0 unspecified atom stereocenters. The number of piperidine rings is 1. The van der Waals surface area contributed by atoms with Crippen LogP contribution in [0.25, 0.3) is 10.9 Å². The van der Waals surface area contributed by atoms with Crippen LogP contribution >= 0.6 is 11.3 Å². The number of hydrogen-bond donors (Lipinski definition) is 2. The number of thiophene rings is 1. The van der Waals surface area contributed by atoms with E-state index in [1.807, 2.05) is 44.2 Å². The lowest BCUT2D eigenvalue weighted by molar-refractivity contribution is 0.0937. The average Bonchev–Trinajstić information content (AvgIpc) is 3.29. The Labute approximate surface area is 175 Å². The third-order valence-corrected chi connectivity index (χ3v) is 8.51. The van der Waals surface area contributed by atoms with Gasteiger partial charge in [0.05, 0.1) is 4.90 Å². The Morgan fingerprint density at radius 2 is 2.07 bits per heavy atom. The smallest absolute Gasteiger partial charge is 0.267 e. The first kappa shape index (κ1) is 20.1. The molecule has 1 amide bonds. The number of amides is 1. The van der Waals surface area contributed by atoms with E-state index < -0.39 is 10.0 Å². The lowest BCUT2D eigenvalue weighted by atomic mass is 10.00. The van der Waals surface area contributed by atoms with Crippen LogP contribution in [0.2, 0.25) is 0 Å². The van der Waals surface area contributed by atoms with Gasteiger partial charge in [-0.1, -0.05) is 18.2 Å². The summed E-state index contributed by atoms with van der Waals surface area (Å²) in [4.78, 5) is 17.9. The zero-order chi connectivity index (χ0) is 20.6. The Balaban J connectivity index is 1.41. The highest BCUT2D eigenvalue weighted by molar-refractivity contribution is 7.89. The molecule has 0 spiro atoms. The standard InChI is InChI=1S/C21H25N3O3S2/c1-14-10-20(15(2)28-14)29(26,27)24-9-5-6-16(13-24)12-22-21(25)19-11-17-7-3-4-8-18(17)23-19/h3-4,7-8,10-11,16,23H,5-6,9,12-13H2,1-2H3,(H,22,25)/t16-/m0/s1. The molecule has 2 N–H and O–H groups in total. The van der Waals surface area contributed by atoms with E-state index in [-0.39, 0.29) is 11.8 Å². The summed E-state index contributed by atoms with van der Waals surface area (Å²) in [5.41, 5.74) is 1.45. The number of nitrogens with one attached hydrogen (secondary N) is 2. The van der Waals surface area contributed by atoms with Crippen molar-refractivity contribution < 1.29 is 13.2 Å². The molecule has 2 aromatic heterocycles. The van der Waals surface area contributed by atoms with Crippen LogP contribution in [0.4, 0.5) is 0 Å². The molecule has 8 heteroatoms. The van der Waals surface area contributed by atoms with Gasteiger partial charge in [-0.25, -0.2) is 8.42 Å². The van der Waals surface area contributed by atoms with Crippen LogP contribution < -0.4 is 5.32 Å². The summed E-state index contributed by atoms with van der Waals surface area (Å²) in [6.45, 7) is 5.20. The maximum atomic E-state index is 13.1. The average molecular weight is 432 g/mol. The number of H-pyrrole nitrogens is 1. The first-order chi connectivity index (χ1) is 13.8. The largest absolute Gasteiger partial charge is 0.351 e. The SMILES string of the molecule is Cc1cc(S(=O)(=O)N2CCC[C@@H](CNC(=O)c3cc4ccccc4[nH]3)C2)c(C)s1. The van der Waals surface area contributed by atoms with Crippen molar-refractivity contribution in [3.63, 3.8) is 0 Å². The number of aromatic amines is 1. The topological polar surface area (TPSA) is 82.3 Å². The van der Waals surface area contributed by atoms with Crippen molar-refractivity contribution in [3.05, 3.63) is 51.8 Å². The molecule has 0 bridgehead atoms. The van der Waals surface area contributed by atoms with E-state index in [0.29, 0.717) is 30.2 Å². The summed E-state index contributed by atoms with van der Waals surface area (Å²) >= 11 is 1.51. The molecule has 4 rings (SSSR count). The summed E-state index contributed by atoms with van der Waals surface area (Å²) < 4.78 is 27.7. The van der Waals surface area contributed by atoms with Crippen LogP contribution in [-0.4, -0.2) is 43.2 Å². The number of para-hydroxylation sites is 1. The van der Waals surface area contributed by atoms with E-state index in [9.17, 15) is 13.2 Å². The first-order valence-corrected chi connectivity index (χ1v) is 12.0. The molecule has 0 aliphatic carbocycles. The minimum absolute atomic E-state index is 0.104. The van der Waals surface area contributed by atoms with Gasteiger partial charge in [0.15, 0.2) is 0 Å². The minimum Gasteiger partial charge on any atom is -0.351 e. The van der Waals surface area contributed by atoms with Crippen molar-refractivity contribution in [2.24, 2.45) is 5.92 Å². The molecule has 6 nitrogen and oxygen atoms in total. The number of carbonyl (C=O) groups excluding carboxylic acids is 1. The number of benzene rings is 1. The highest BCUT2D eigenvalue weighted by atomic mass is 32.2. The number of rotatable bonds is 5. The van der Waals surface area contributed by atoms with E-state index >= 15 is 0 Å². The molecule has 1 aliphatic rings. The van der Waals surface area contributed by atoms with Crippen LogP contribution in [0.1, 0.15) is 33.1 Å². The van der Waals surface area contributed by atoms with Crippen molar-refractivity contribution in [1.82, 2.24) is 14.6 Å². The number of sulfonamides is 1. The van der Waals surface area contributed by atoms with Gasteiger partial charge in [0.2, 0.25) is 10.0 Å². The third kappa shape index (κ3) is 4.10. The minimum atomic E-state index is -3.49. The quantitative estimate of drug-likeness (QED) is 0.647. The second-order valence-electron chi connectivity index (χ2n) is 7.63. The second-order valence-corrected chi connectivity index (χ2v) is 11.0. The van der Waals surface area contributed by atoms with Gasteiger partial charge in [-0.15, -0.1) is 11.3 Å². The van der Waals surface area contributed by atoms with Gasteiger partial charge in [-0.3, -0.25) is 4.79 Å². The molecule has 0 saturated carbocycles. The Hall–Kier alpha value is -2.16. The van der Waals surface area contributed by atoms with E-state index in [2.05, 4.69) is 10.3 Å². The number of nitrogens with zero attached hydrogens (tertiary/aromatic N) is 1. The first-order valence-electron chi connectivity index (χ1n) is 9.78. The number of hydrogen-bond acceptors (Lipinski definition) is 4. The fourth-order valence-corrected chi connectivity index (χ4v) is 7.02. The molecule has 3 aromatic rings. The number of aryl methyl sites for hydroxylation is 2. The van der Waals surface area contributed by atoms with Crippen LogP contribution in [-0.2, 0) is 10.0 Å². The van der Waals surface area contributed by atoms with Crippen molar-refractivity contribution >= 4 is 38.2 Å². The summed E-state index contributed by atoms with van der Waals surface area (Å²) in [6.07, 6.45) is 1.70. The molecule has 29 heavy (non-hydrogen) atoms. The fraction of sp³-hybridized carbons (Fsp3) is 0.381. The Kier molecular flexibility index (Phi) is 5.50. The lowest BCUT2D eigenvalue weighted by Crippen LogP contribution is -2.43. The Morgan fingerprint density at radius 1 is 1.28 bits per heavy atom. The predicted octanol–water partition coefficient (Wildman–Crippen LogP) is 3.68. The molecule has 1 fully saturated rings. The van der Waals surface area contributed by atoms with Gasteiger partial charge >= 0.3 is 0 Å². The van der Waals surface area contributed by atoms with Gasteiger partial charge in [0.25, 0.3) is 5.91 Å². The maximum Gasteiger partial charge on any atom is 0.267 e. The highest BCUT2D eigenvalue weighted by Gasteiger charge is 2.32. The van der Waals surface area contributed by atoms with Crippen molar-refractivity contribution in [2.45, 2.75) is 31.6 Å². The van der Waals surface area contributed by atoms with E-state index in [1.165, 1.54) is 11.3 Å². The number of fused-ring (bicyclic) bond motifs is 1. The van der Waals surface area contributed by atoms with Gasteiger partial charge in [-0.05, 0) is 50.8 Å². The molecule has 1 aliphatic heterocycles. The highest BCUT2D eigenvalue weighted by Crippen LogP contribution is 2.30. The van der Waals surface area contributed by atoms with Crippen LogP contribution in [0, 0.1) is 19.8 Å². The summed E-state index contributed by atoms with van der Waals surface area (Å²) in [5.74, 6) is -0.0580. The molecule has 1 saturated heterocycles. The van der Waals surface area contributed by atoms with Crippen LogP contribution in [0.15, 0.2) is 41.3 Å². The lowest BCUT2D eigenvalue weighted by Gasteiger charge is -2.32. The maximum absolute atomic E-state index is 13.1.